The van der Waals surface area contributed by atoms with E-state index in [1.165, 1.54) is 27.9 Å². The zero-order valence-corrected chi connectivity index (χ0v) is 16.0. The number of thioether (sulfide) groups is 1. The molecule has 1 heterocycles. The van der Waals surface area contributed by atoms with E-state index < -0.39 is 0 Å². The highest BCUT2D eigenvalue weighted by Gasteiger charge is 2.24. The Kier molecular flexibility index (Phi) is 6.04. The molecular formula is C17H27BrN2S. The van der Waals surface area contributed by atoms with Crippen LogP contribution in [0.1, 0.15) is 39.7 Å². The molecule has 1 aliphatic rings. The van der Waals surface area contributed by atoms with Crippen molar-refractivity contribution in [3.63, 3.8) is 0 Å². The predicted molar refractivity (Wildman–Crippen MR) is 99.5 cm³/mol. The molecular weight excluding hydrogens is 344 g/mol. The van der Waals surface area contributed by atoms with E-state index in [1.54, 1.807) is 0 Å². The largest absolute Gasteiger partial charge is 0.370 e. The molecule has 2 rings (SSSR count). The van der Waals surface area contributed by atoms with Crippen LogP contribution in [0.25, 0.3) is 0 Å². The summed E-state index contributed by atoms with van der Waals surface area (Å²) in [6, 6.07) is 7.19. The fourth-order valence-corrected chi connectivity index (χ4v) is 4.01. The van der Waals surface area contributed by atoms with Gasteiger partial charge in [-0.05, 0) is 24.1 Å². The van der Waals surface area contributed by atoms with Gasteiger partial charge in [-0.3, -0.25) is 0 Å². The first-order chi connectivity index (χ1) is 9.87. The van der Waals surface area contributed by atoms with E-state index in [4.69, 9.17) is 0 Å². The second kappa shape index (κ2) is 7.38. The number of anilines is 1. The van der Waals surface area contributed by atoms with Crippen LogP contribution in [0.4, 0.5) is 5.69 Å². The van der Waals surface area contributed by atoms with Crippen LogP contribution in [0.2, 0.25) is 0 Å². The van der Waals surface area contributed by atoms with Gasteiger partial charge in [-0.25, -0.2) is 0 Å². The highest BCUT2D eigenvalue weighted by atomic mass is 79.9. The van der Waals surface area contributed by atoms with Crippen LogP contribution in [0.3, 0.4) is 0 Å². The van der Waals surface area contributed by atoms with Crippen molar-refractivity contribution in [3.8, 4) is 0 Å². The van der Waals surface area contributed by atoms with Gasteiger partial charge in [0.1, 0.15) is 0 Å². The lowest BCUT2D eigenvalue weighted by Gasteiger charge is -2.27. The lowest BCUT2D eigenvalue weighted by molar-refractivity contribution is 0.586. The maximum Gasteiger partial charge on any atom is 0.0423 e. The van der Waals surface area contributed by atoms with Gasteiger partial charge in [0.25, 0.3) is 0 Å². The van der Waals surface area contributed by atoms with Crippen molar-refractivity contribution >= 4 is 33.4 Å². The minimum Gasteiger partial charge on any atom is -0.370 e. The van der Waals surface area contributed by atoms with Crippen LogP contribution < -0.4 is 10.2 Å². The number of rotatable bonds is 4. The van der Waals surface area contributed by atoms with Crippen LogP contribution >= 0.6 is 27.7 Å². The normalized spacial score (nSPS) is 18.9. The quantitative estimate of drug-likeness (QED) is 0.828. The molecule has 1 fully saturated rings. The third-order valence-corrected chi connectivity index (χ3v) is 5.79. The number of hydrogen-bond donors (Lipinski definition) is 1. The van der Waals surface area contributed by atoms with E-state index in [0.29, 0.717) is 10.8 Å². The van der Waals surface area contributed by atoms with Gasteiger partial charge in [0, 0.05) is 46.3 Å². The molecule has 4 heteroatoms. The Bertz CT molecular complexity index is 474. The molecule has 2 nitrogen and oxygen atoms in total. The molecule has 1 aromatic rings. The predicted octanol–water partition coefficient (Wildman–Crippen LogP) is 4.67. The molecule has 0 aromatic heterocycles. The Hall–Kier alpha value is -0.190. The maximum atomic E-state index is 3.63. The van der Waals surface area contributed by atoms with E-state index in [-0.39, 0.29) is 0 Å². The fraction of sp³-hybridized carbons (Fsp3) is 0.647. The first kappa shape index (κ1) is 17.2. The summed E-state index contributed by atoms with van der Waals surface area (Å²) < 4.78 is 1.57. The van der Waals surface area contributed by atoms with Crippen molar-refractivity contribution in [2.75, 3.05) is 23.7 Å². The van der Waals surface area contributed by atoms with E-state index in [0.717, 1.165) is 19.6 Å². The van der Waals surface area contributed by atoms with Crippen molar-refractivity contribution in [1.82, 2.24) is 5.32 Å². The van der Waals surface area contributed by atoms with Crippen molar-refractivity contribution < 1.29 is 0 Å². The first-order valence-electron chi connectivity index (χ1n) is 7.78. The van der Waals surface area contributed by atoms with Crippen molar-refractivity contribution in [2.45, 2.75) is 51.4 Å². The molecule has 0 radical (unpaired) electrons. The van der Waals surface area contributed by atoms with Gasteiger partial charge in [0.2, 0.25) is 0 Å². The number of hydrogen-bond acceptors (Lipinski definition) is 3. The molecule has 0 spiro atoms. The summed E-state index contributed by atoms with van der Waals surface area (Å²) in [5.74, 6) is 1.20. The Morgan fingerprint density at radius 1 is 1.33 bits per heavy atom. The molecule has 0 atom stereocenters. The molecule has 0 saturated carbocycles. The second-order valence-corrected chi connectivity index (χ2v) is 9.37. The summed E-state index contributed by atoms with van der Waals surface area (Å²) in [6.45, 7) is 12.3. The Morgan fingerprint density at radius 2 is 2.10 bits per heavy atom. The van der Waals surface area contributed by atoms with Crippen molar-refractivity contribution in [2.24, 2.45) is 0 Å². The lowest BCUT2D eigenvalue weighted by Crippen LogP contribution is -2.29. The van der Waals surface area contributed by atoms with E-state index in [1.807, 2.05) is 0 Å². The molecule has 118 valence electrons. The zero-order chi connectivity index (χ0) is 15.5. The third kappa shape index (κ3) is 5.19. The standard InChI is InChI=1S/C17H27BrN2S/c1-13(2)19-12-14-5-6-15(18)11-16(14)20-8-7-17(3,4)21-10-9-20/h5-6,11,13,19H,7-10,12H2,1-4H3. The lowest BCUT2D eigenvalue weighted by atomic mass is 10.1. The summed E-state index contributed by atoms with van der Waals surface area (Å²) in [7, 11) is 0. The average Bonchev–Trinajstić information content (AvgIpc) is 2.58. The average molecular weight is 371 g/mol. The molecule has 1 aliphatic heterocycles. The van der Waals surface area contributed by atoms with Crippen LogP contribution in [0, 0.1) is 0 Å². The van der Waals surface area contributed by atoms with Crippen LogP contribution in [0.15, 0.2) is 22.7 Å². The van der Waals surface area contributed by atoms with Crippen LogP contribution in [-0.4, -0.2) is 29.6 Å². The van der Waals surface area contributed by atoms with Crippen molar-refractivity contribution in [1.29, 1.82) is 0 Å². The van der Waals surface area contributed by atoms with Crippen LogP contribution in [0.5, 0.6) is 0 Å². The summed E-state index contributed by atoms with van der Waals surface area (Å²) in [5, 5.41) is 3.55. The van der Waals surface area contributed by atoms with Crippen LogP contribution in [-0.2, 0) is 6.54 Å². The summed E-state index contributed by atoms with van der Waals surface area (Å²) >= 11 is 5.73. The van der Waals surface area contributed by atoms with Gasteiger partial charge in [-0.2, -0.15) is 11.8 Å². The van der Waals surface area contributed by atoms with Gasteiger partial charge in [-0.15, -0.1) is 0 Å². The molecule has 0 bridgehead atoms. The Morgan fingerprint density at radius 3 is 2.81 bits per heavy atom. The molecule has 0 unspecified atom stereocenters. The van der Waals surface area contributed by atoms with E-state index in [9.17, 15) is 0 Å². The molecule has 1 N–H and O–H groups in total. The summed E-state index contributed by atoms with van der Waals surface area (Å²) in [4.78, 5) is 2.56. The Labute approximate surface area is 142 Å². The highest BCUT2D eigenvalue weighted by Crippen LogP contribution is 2.34. The third-order valence-electron chi connectivity index (χ3n) is 3.93. The minimum atomic E-state index is 0.400. The maximum absolute atomic E-state index is 3.63. The number of halogens is 1. The topological polar surface area (TPSA) is 15.3 Å². The van der Waals surface area contributed by atoms with Gasteiger partial charge in [0.15, 0.2) is 0 Å². The Balaban J connectivity index is 2.18. The van der Waals surface area contributed by atoms with Gasteiger partial charge < -0.3 is 10.2 Å². The molecule has 1 saturated heterocycles. The molecule has 0 amide bonds. The highest BCUT2D eigenvalue weighted by molar-refractivity contribution is 9.10. The summed E-state index contributed by atoms with van der Waals surface area (Å²) in [6.07, 6.45) is 1.24. The number of nitrogens with zero attached hydrogens (tertiary/aromatic N) is 1. The van der Waals surface area contributed by atoms with Gasteiger partial charge in [0.05, 0.1) is 0 Å². The summed E-state index contributed by atoms with van der Waals surface area (Å²) in [5.41, 5.74) is 2.78. The molecule has 21 heavy (non-hydrogen) atoms. The van der Waals surface area contributed by atoms with E-state index >= 15 is 0 Å². The van der Waals surface area contributed by atoms with Gasteiger partial charge >= 0.3 is 0 Å². The monoisotopic (exact) mass is 370 g/mol. The minimum absolute atomic E-state index is 0.400. The molecule has 0 aliphatic carbocycles. The fourth-order valence-electron chi connectivity index (χ4n) is 2.56. The van der Waals surface area contributed by atoms with Gasteiger partial charge in [-0.1, -0.05) is 49.7 Å². The second-order valence-electron chi connectivity index (χ2n) is 6.65. The number of nitrogens with one attached hydrogen (secondary N) is 1. The zero-order valence-electron chi connectivity index (χ0n) is 13.6. The SMILES string of the molecule is CC(C)NCc1ccc(Br)cc1N1CCSC(C)(C)CC1. The molecule has 1 aromatic carbocycles. The first-order valence-corrected chi connectivity index (χ1v) is 9.56. The van der Waals surface area contributed by atoms with E-state index in [2.05, 4.69) is 83.8 Å². The van der Waals surface area contributed by atoms with Crippen molar-refractivity contribution in [3.05, 3.63) is 28.2 Å². The number of benzene rings is 1. The smallest absolute Gasteiger partial charge is 0.0423 e.